The molecule has 6 heteroatoms. The Morgan fingerprint density at radius 3 is 2.44 bits per heavy atom. The highest BCUT2D eigenvalue weighted by molar-refractivity contribution is 5.92. The van der Waals surface area contributed by atoms with Crippen LogP contribution in [0.25, 0.3) is 0 Å². The Morgan fingerprint density at radius 2 is 1.78 bits per heavy atom. The fraction of sp³-hybridized carbons (Fsp3) is 0.476. The van der Waals surface area contributed by atoms with Crippen molar-refractivity contribution in [3.05, 3.63) is 42.2 Å². The number of nitrogens with one attached hydrogen (secondary N) is 2. The molecular formula is C21H28N4O2. The largest absolute Gasteiger partial charge is 0.491 e. The summed E-state index contributed by atoms with van der Waals surface area (Å²) >= 11 is 0. The summed E-state index contributed by atoms with van der Waals surface area (Å²) in [4.78, 5) is 21.1. The van der Waals surface area contributed by atoms with Gasteiger partial charge in [0.2, 0.25) is 5.95 Å². The molecule has 0 spiro atoms. The first-order valence-electron chi connectivity index (χ1n) is 9.78. The van der Waals surface area contributed by atoms with E-state index in [1.807, 2.05) is 38.1 Å². The number of benzene rings is 1. The Bertz CT molecular complexity index is 738. The molecule has 1 aromatic carbocycles. The zero-order valence-electron chi connectivity index (χ0n) is 16.1. The van der Waals surface area contributed by atoms with E-state index in [1.165, 1.54) is 25.7 Å². The Hall–Kier alpha value is -2.63. The van der Waals surface area contributed by atoms with E-state index in [4.69, 9.17) is 4.74 Å². The second-order valence-electron chi connectivity index (χ2n) is 7.24. The zero-order valence-corrected chi connectivity index (χ0v) is 16.1. The molecule has 1 heterocycles. The Balaban J connectivity index is 1.61. The number of rotatable bonds is 6. The lowest BCUT2D eigenvalue weighted by atomic mass is 10.1. The van der Waals surface area contributed by atoms with Gasteiger partial charge in [0, 0.05) is 17.9 Å². The number of hydrogen-bond acceptors (Lipinski definition) is 5. The van der Waals surface area contributed by atoms with Crippen LogP contribution in [-0.4, -0.2) is 28.0 Å². The lowest BCUT2D eigenvalue weighted by Crippen LogP contribution is -2.35. The molecule has 2 aromatic rings. The van der Waals surface area contributed by atoms with E-state index in [0.29, 0.717) is 11.6 Å². The first-order valence-corrected chi connectivity index (χ1v) is 9.78. The molecule has 144 valence electrons. The van der Waals surface area contributed by atoms with Crippen molar-refractivity contribution in [3.63, 3.8) is 0 Å². The topological polar surface area (TPSA) is 76.1 Å². The average molecular weight is 368 g/mol. The van der Waals surface area contributed by atoms with E-state index >= 15 is 0 Å². The SMILES string of the molecule is CC(C)Oc1ccc(Nc2nccc(C(=O)NC3CCCCCC3)n2)cc1. The number of ether oxygens (including phenoxy) is 1. The van der Waals surface area contributed by atoms with Gasteiger partial charge >= 0.3 is 0 Å². The van der Waals surface area contributed by atoms with Crippen molar-refractivity contribution in [2.24, 2.45) is 0 Å². The molecule has 1 aromatic heterocycles. The summed E-state index contributed by atoms with van der Waals surface area (Å²) in [6, 6.07) is 9.49. The highest BCUT2D eigenvalue weighted by atomic mass is 16.5. The van der Waals surface area contributed by atoms with Crippen molar-refractivity contribution >= 4 is 17.5 Å². The molecule has 6 nitrogen and oxygen atoms in total. The molecule has 0 aliphatic heterocycles. The molecular weight excluding hydrogens is 340 g/mol. The van der Waals surface area contributed by atoms with E-state index in [-0.39, 0.29) is 18.1 Å². The summed E-state index contributed by atoms with van der Waals surface area (Å²) in [6.07, 6.45) is 8.71. The van der Waals surface area contributed by atoms with Gasteiger partial charge in [-0.3, -0.25) is 4.79 Å². The van der Waals surface area contributed by atoms with E-state index in [1.54, 1.807) is 12.3 Å². The molecule has 0 atom stereocenters. The second-order valence-corrected chi connectivity index (χ2v) is 7.24. The lowest BCUT2D eigenvalue weighted by Gasteiger charge is -2.16. The molecule has 1 saturated carbocycles. The second kappa shape index (κ2) is 9.35. The predicted octanol–water partition coefficient (Wildman–Crippen LogP) is 4.46. The molecule has 0 unspecified atom stereocenters. The molecule has 1 aliphatic carbocycles. The van der Waals surface area contributed by atoms with E-state index < -0.39 is 0 Å². The number of anilines is 2. The minimum Gasteiger partial charge on any atom is -0.491 e. The van der Waals surface area contributed by atoms with Crippen LogP contribution in [0.5, 0.6) is 5.75 Å². The van der Waals surface area contributed by atoms with Gasteiger partial charge in [-0.1, -0.05) is 25.7 Å². The number of aromatic nitrogens is 2. The molecule has 0 bridgehead atoms. The van der Waals surface area contributed by atoms with Gasteiger partial charge in [-0.2, -0.15) is 0 Å². The van der Waals surface area contributed by atoms with E-state index in [9.17, 15) is 4.79 Å². The molecule has 3 rings (SSSR count). The zero-order chi connectivity index (χ0) is 19.1. The highest BCUT2D eigenvalue weighted by Gasteiger charge is 2.17. The summed E-state index contributed by atoms with van der Waals surface area (Å²) in [5, 5.41) is 6.25. The monoisotopic (exact) mass is 368 g/mol. The maximum Gasteiger partial charge on any atom is 0.270 e. The van der Waals surface area contributed by atoms with Crippen LogP contribution < -0.4 is 15.4 Å². The summed E-state index contributed by atoms with van der Waals surface area (Å²) in [5.41, 5.74) is 1.23. The summed E-state index contributed by atoms with van der Waals surface area (Å²) in [7, 11) is 0. The van der Waals surface area contributed by atoms with Crippen LogP contribution in [0.3, 0.4) is 0 Å². The third-order valence-electron chi connectivity index (χ3n) is 4.56. The van der Waals surface area contributed by atoms with Gasteiger partial charge in [0.05, 0.1) is 6.10 Å². The number of carbonyl (C=O) groups is 1. The average Bonchev–Trinajstić information content (AvgIpc) is 2.92. The van der Waals surface area contributed by atoms with Crippen LogP contribution in [0, 0.1) is 0 Å². The lowest BCUT2D eigenvalue weighted by molar-refractivity contribution is 0.0928. The minimum absolute atomic E-state index is 0.131. The maximum atomic E-state index is 12.5. The summed E-state index contributed by atoms with van der Waals surface area (Å²) in [5.74, 6) is 1.09. The Labute approximate surface area is 160 Å². The van der Waals surface area contributed by atoms with Gasteiger partial charge in [0.25, 0.3) is 5.91 Å². The standard InChI is InChI=1S/C21H28N4O2/c1-15(2)27-18-11-9-17(10-12-18)24-21-22-14-13-19(25-21)20(26)23-16-7-5-3-4-6-8-16/h9-16H,3-8H2,1-2H3,(H,23,26)(H,22,24,25). The molecule has 0 saturated heterocycles. The molecule has 27 heavy (non-hydrogen) atoms. The van der Waals surface area contributed by atoms with Crippen molar-refractivity contribution in [2.45, 2.75) is 64.5 Å². The van der Waals surface area contributed by atoms with Crippen LogP contribution >= 0.6 is 0 Å². The number of hydrogen-bond donors (Lipinski definition) is 2. The molecule has 0 radical (unpaired) electrons. The van der Waals surface area contributed by atoms with Crippen LogP contribution in [0.4, 0.5) is 11.6 Å². The van der Waals surface area contributed by atoms with Gasteiger partial charge in [-0.25, -0.2) is 9.97 Å². The third kappa shape index (κ3) is 5.94. The Morgan fingerprint density at radius 1 is 1.07 bits per heavy atom. The van der Waals surface area contributed by atoms with Gasteiger partial charge in [-0.05, 0) is 57.0 Å². The normalized spacial score (nSPS) is 15.2. The van der Waals surface area contributed by atoms with Gasteiger partial charge in [0.15, 0.2) is 0 Å². The fourth-order valence-corrected chi connectivity index (χ4v) is 3.25. The number of nitrogens with zero attached hydrogens (tertiary/aromatic N) is 2. The van der Waals surface area contributed by atoms with Gasteiger partial charge < -0.3 is 15.4 Å². The van der Waals surface area contributed by atoms with E-state index in [0.717, 1.165) is 24.3 Å². The highest BCUT2D eigenvalue weighted by Crippen LogP contribution is 2.20. The van der Waals surface area contributed by atoms with Crippen molar-refractivity contribution in [3.8, 4) is 5.75 Å². The van der Waals surface area contributed by atoms with E-state index in [2.05, 4.69) is 20.6 Å². The number of amides is 1. The predicted molar refractivity (Wildman–Crippen MR) is 106 cm³/mol. The third-order valence-corrected chi connectivity index (χ3v) is 4.56. The van der Waals surface area contributed by atoms with Crippen LogP contribution in [-0.2, 0) is 0 Å². The Kier molecular flexibility index (Phi) is 6.63. The molecule has 1 fully saturated rings. The quantitative estimate of drug-likeness (QED) is 0.736. The minimum atomic E-state index is -0.131. The molecule has 1 aliphatic rings. The van der Waals surface area contributed by atoms with Crippen LogP contribution in [0.1, 0.15) is 62.9 Å². The van der Waals surface area contributed by atoms with Crippen LogP contribution in [0.15, 0.2) is 36.5 Å². The van der Waals surface area contributed by atoms with Crippen molar-refractivity contribution in [1.82, 2.24) is 15.3 Å². The van der Waals surface area contributed by atoms with Crippen molar-refractivity contribution in [2.75, 3.05) is 5.32 Å². The first kappa shape index (κ1) is 19.1. The maximum absolute atomic E-state index is 12.5. The smallest absolute Gasteiger partial charge is 0.270 e. The molecule has 1 amide bonds. The number of carbonyl (C=O) groups excluding carboxylic acids is 1. The van der Waals surface area contributed by atoms with Crippen molar-refractivity contribution in [1.29, 1.82) is 0 Å². The van der Waals surface area contributed by atoms with Gasteiger partial charge in [0.1, 0.15) is 11.4 Å². The van der Waals surface area contributed by atoms with Gasteiger partial charge in [-0.15, -0.1) is 0 Å². The summed E-state index contributed by atoms with van der Waals surface area (Å²) < 4.78 is 5.64. The van der Waals surface area contributed by atoms with Crippen LogP contribution in [0.2, 0.25) is 0 Å². The first-order chi connectivity index (χ1) is 13.1. The molecule has 2 N–H and O–H groups in total. The summed E-state index contributed by atoms with van der Waals surface area (Å²) in [6.45, 7) is 3.98. The van der Waals surface area contributed by atoms with Crippen molar-refractivity contribution < 1.29 is 9.53 Å². The fourth-order valence-electron chi connectivity index (χ4n) is 3.25.